The van der Waals surface area contributed by atoms with Gasteiger partial charge in [0.1, 0.15) is 11.9 Å². The molecular formula is C30H31ClFN7O4S. The molecule has 2 N–H and O–H groups in total. The molecule has 0 amide bonds. The summed E-state index contributed by atoms with van der Waals surface area (Å²) in [6.07, 6.45) is 7.88. The van der Waals surface area contributed by atoms with Crippen molar-refractivity contribution >= 4 is 52.3 Å². The van der Waals surface area contributed by atoms with E-state index in [1.54, 1.807) is 24.7 Å². The number of halogens is 2. The van der Waals surface area contributed by atoms with E-state index in [-0.39, 0.29) is 16.9 Å². The van der Waals surface area contributed by atoms with Gasteiger partial charge in [-0.3, -0.25) is 9.79 Å². The van der Waals surface area contributed by atoms with Gasteiger partial charge in [0.15, 0.2) is 10.8 Å². The van der Waals surface area contributed by atoms with E-state index in [1.165, 1.54) is 30.6 Å². The van der Waals surface area contributed by atoms with E-state index in [4.69, 9.17) is 21.3 Å². The summed E-state index contributed by atoms with van der Waals surface area (Å²) in [5.41, 5.74) is 2.42. The Morgan fingerprint density at radius 1 is 1.07 bits per heavy atom. The SMILES string of the molecule is COC(=O)C1=C(C2CCN(c3ncc(N4CCC(C(=O)O)CC4)cn3)CC2)NC(c2nccs2)=NC1c1ccc(F)cc1Cl. The first-order chi connectivity index (χ1) is 21.3. The summed E-state index contributed by atoms with van der Waals surface area (Å²) in [6.45, 7) is 2.62. The number of nitrogens with zero attached hydrogens (tertiary/aromatic N) is 6. The van der Waals surface area contributed by atoms with Gasteiger partial charge in [0, 0.05) is 60.0 Å². The summed E-state index contributed by atoms with van der Waals surface area (Å²) < 4.78 is 19.2. The lowest BCUT2D eigenvalue weighted by Gasteiger charge is -2.37. The Labute approximate surface area is 262 Å². The molecule has 6 rings (SSSR count). The number of esters is 1. The number of carbonyl (C=O) groups excluding carboxylic acids is 1. The van der Waals surface area contributed by atoms with Gasteiger partial charge in [-0.2, -0.15) is 0 Å². The molecule has 0 aliphatic carbocycles. The molecule has 1 unspecified atom stereocenters. The fourth-order valence-corrected chi connectivity index (χ4v) is 6.87. The first kappa shape index (κ1) is 29.9. The summed E-state index contributed by atoms with van der Waals surface area (Å²) >= 11 is 7.90. The van der Waals surface area contributed by atoms with Crippen LogP contribution >= 0.6 is 22.9 Å². The molecule has 3 aliphatic heterocycles. The number of ether oxygens (including phenoxy) is 1. The number of hydrogen-bond donors (Lipinski definition) is 2. The highest BCUT2D eigenvalue weighted by molar-refractivity contribution is 7.11. The maximum atomic E-state index is 14.0. The molecule has 2 aromatic heterocycles. The summed E-state index contributed by atoms with van der Waals surface area (Å²) in [4.78, 5) is 47.3. The number of carbonyl (C=O) groups is 2. The van der Waals surface area contributed by atoms with Crippen LogP contribution < -0.4 is 15.1 Å². The van der Waals surface area contributed by atoms with Crippen LogP contribution in [0.2, 0.25) is 5.02 Å². The topological polar surface area (TPSA) is 133 Å². The Hall–Kier alpha value is -4.10. The Kier molecular flexibility index (Phi) is 8.76. The molecule has 44 heavy (non-hydrogen) atoms. The lowest BCUT2D eigenvalue weighted by atomic mass is 9.85. The molecule has 11 nitrogen and oxygen atoms in total. The Bertz CT molecular complexity index is 1590. The highest BCUT2D eigenvalue weighted by Crippen LogP contribution is 2.40. The van der Waals surface area contributed by atoms with Crippen LogP contribution in [-0.4, -0.2) is 71.1 Å². The molecule has 14 heteroatoms. The van der Waals surface area contributed by atoms with Crippen molar-refractivity contribution in [3.8, 4) is 0 Å². The van der Waals surface area contributed by atoms with Crippen molar-refractivity contribution in [3.05, 3.63) is 74.9 Å². The minimum Gasteiger partial charge on any atom is -0.481 e. The van der Waals surface area contributed by atoms with E-state index in [9.17, 15) is 19.1 Å². The van der Waals surface area contributed by atoms with E-state index in [0.717, 1.165) is 5.69 Å². The lowest BCUT2D eigenvalue weighted by Crippen LogP contribution is -2.42. The number of thiazole rings is 1. The number of amidine groups is 1. The Morgan fingerprint density at radius 2 is 1.77 bits per heavy atom. The van der Waals surface area contributed by atoms with Crippen molar-refractivity contribution in [2.45, 2.75) is 31.7 Å². The minimum absolute atomic E-state index is 0.0395. The van der Waals surface area contributed by atoms with Crippen molar-refractivity contribution in [1.29, 1.82) is 0 Å². The zero-order valence-electron chi connectivity index (χ0n) is 23.9. The first-order valence-corrected chi connectivity index (χ1v) is 15.6. The summed E-state index contributed by atoms with van der Waals surface area (Å²) in [6, 6.07) is 3.27. The van der Waals surface area contributed by atoms with Crippen LogP contribution in [0.3, 0.4) is 0 Å². The van der Waals surface area contributed by atoms with Crippen molar-refractivity contribution in [1.82, 2.24) is 20.3 Å². The number of benzene rings is 1. The van der Waals surface area contributed by atoms with Crippen molar-refractivity contribution < 1.29 is 23.8 Å². The second kappa shape index (κ2) is 12.9. The number of aliphatic carboxylic acids is 1. The first-order valence-electron chi connectivity index (χ1n) is 14.4. The van der Waals surface area contributed by atoms with E-state index < -0.39 is 23.8 Å². The van der Waals surface area contributed by atoms with Gasteiger partial charge in [-0.15, -0.1) is 11.3 Å². The highest BCUT2D eigenvalue weighted by atomic mass is 35.5. The molecule has 3 aliphatic rings. The van der Waals surface area contributed by atoms with Crippen LogP contribution in [-0.2, 0) is 14.3 Å². The third-order valence-electron chi connectivity index (χ3n) is 8.39. The van der Waals surface area contributed by atoms with Crippen molar-refractivity contribution in [3.63, 3.8) is 0 Å². The Morgan fingerprint density at radius 3 is 2.39 bits per heavy atom. The van der Waals surface area contributed by atoms with Gasteiger partial charge < -0.3 is 25.0 Å². The fourth-order valence-electron chi connectivity index (χ4n) is 6.01. The number of hydrogen-bond acceptors (Lipinski definition) is 11. The average Bonchev–Trinajstić information content (AvgIpc) is 3.60. The lowest BCUT2D eigenvalue weighted by molar-refractivity contribution is -0.142. The fraction of sp³-hybridized carbons (Fsp3) is 0.400. The number of methoxy groups -OCH3 is 1. The third kappa shape index (κ3) is 6.11. The van der Waals surface area contributed by atoms with Crippen molar-refractivity contribution in [2.75, 3.05) is 43.1 Å². The number of rotatable bonds is 7. The number of allylic oxidation sites excluding steroid dienone is 1. The van der Waals surface area contributed by atoms with Crippen LogP contribution in [0, 0.1) is 17.7 Å². The van der Waals surface area contributed by atoms with Crippen LogP contribution in [0.4, 0.5) is 16.0 Å². The summed E-state index contributed by atoms with van der Waals surface area (Å²) in [5, 5.41) is 15.3. The number of nitrogens with one attached hydrogen (secondary N) is 1. The van der Waals surface area contributed by atoms with Gasteiger partial charge >= 0.3 is 11.9 Å². The van der Waals surface area contributed by atoms with Gasteiger partial charge in [-0.25, -0.2) is 24.1 Å². The largest absolute Gasteiger partial charge is 0.481 e. The van der Waals surface area contributed by atoms with Crippen molar-refractivity contribution in [2.24, 2.45) is 16.8 Å². The smallest absolute Gasteiger partial charge is 0.338 e. The minimum atomic E-state index is -0.805. The highest BCUT2D eigenvalue weighted by Gasteiger charge is 2.38. The predicted octanol–water partition coefficient (Wildman–Crippen LogP) is 4.46. The molecule has 1 atom stereocenters. The van der Waals surface area contributed by atoms with Gasteiger partial charge in [0.05, 0.1) is 36.7 Å². The molecule has 2 fully saturated rings. The Balaban J connectivity index is 1.22. The normalized spacial score (nSPS) is 19.9. The van der Waals surface area contributed by atoms with Gasteiger partial charge in [0.2, 0.25) is 5.95 Å². The van der Waals surface area contributed by atoms with Crippen LogP contribution in [0.15, 0.2) is 58.4 Å². The number of anilines is 2. The maximum Gasteiger partial charge on any atom is 0.338 e. The zero-order chi connectivity index (χ0) is 30.8. The number of carboxylic acid groups (broad SMARTS) is 1. The quantitative estimate of drug-likeness (QED) is 0.357. The van der Waals surface area contributed by atoms with Crippen LogP contribution in [0.25, 0.3) is 0 Å². The average molecular weight is 640 g/mol. The van der Waals surface area contributed by atoms with Crippen LogP contribution in [0.1, 0.15) is 42.3 Å². The maximum absolute atomic E-state index is 14.0. The molecule has 3 aromatic rings. The molecule has 230 valence electrons. The second-order valence-corrected chi connectivity index (χ2v) is 12.2. The number of aromatic nitrogens is 3. The third-order valence-corrected chi connectivity index (χ3v) is 9.50. The van der Waals surface area contributed by atoms with Gasteiger partial charge in [-0.05, 0) is 37.8 Å². The number of piperidine rings is 2. The molecule has 0 saturated carbocycles. The predicted molar refractivity (Wildman–Crippen MR) is 165 cm³/mol. The molecule has 1 aromatic carbocycles. The zero-order valence-corrected chi connectivity index (χ0v) is 25.5. The number of carboxylic acids is 1. The molecule has 2 saturated heterocycles. The second-order valence-electron chi connectivity index (χ2n) is 10.9. The molecule has 0 radical (unpaired) electrons. The molecule has 0 spiro atoms. The summed E-state index contributed by atoms with van der Waals surface area (Å²) in [5.74, 6) is -0.955. The van der Waals surface area contributed by atoms with Gasteiger partial charge in [-0.1, -0.05) is 17.7 Å². The standard InChI is InChI=1S/C30H31ClFN7O4S/c1-43-29(42)23-24(36-26(27-33-8-13-44-27)37-25(23)21-3-2-19(32)14-22(21)31)17-4-11-39(12-5-17)30-34-15-20(16-35-30)38-9-6-18(7-10-38)28(40)41/h2-3,8,13-18,25H,4-7,9-12H2,1H3,(H,36,37)(H,40,41). The molecule has 5 heterocycles. The van der Waals surface area contributed by atoms with Crippen LogP contribution in [0.5, 0.6) is 0 Å². The number of aliphatic imine (C=N–C) groups is 1. The van der Waals surface area contributed by atoms with E-state index >= 15 is 0 Å². The van der Waals surface area contributed by atoms with E-state index in [2.05, 4.69) is 30.1 Å². The summed E-state index contributed by atoms with van der Waals surface area (Å²) in [7, 11) is 1.33. The molecule has 0 bridgehead atoms. The molecular weight excluding hydrogens is 609 g/mol. The van der Waals surface area contributed by atoms with Gasteiger partial charge in [0.25, 0.3) is 0 Å². The monoisotopic (exact) mass is 639 g/mol. The van der Waals surface area contributed by atoms with E-state index in [1.807, 2.05) is 5.38 Å². The van der Waals surface area contributed by atoms with E-state index in [0.29, 0.717) is 85.5 Å².